The van der Waals surface area contributed by atoms with Gasteiger partial charge in [0.25, 0.3) is 0 Å². The molecule has 2 aliphatic rings. The molecule has 154 valence electrons. The van der Waals surface area contributed by atoms with Crippen molar-refractivity contribution in [2.24, 2.45) is 0 Å². The number of rotatable bonds is 5. The number of pyridine rings is 1. The summed E-state index contributed by atoms with van der Waals surface area (Å²) in [6, 6.07) is 14.9. The van der Waals surface area contributed by atoms with Gasteiger partial charge >= 0.3 is 0 Å². The minimum atomic E-state index is 0.409. The van der Waals surface area contributed by atoms with Gasteiger partial charge in [0.15, 0.2) is 0 Å². The molecule has 0 unspecified atom stereocenters. The van der Waals surface area contributed by atoms with Gasteiger partial charge in [-0.3, -0.25) is 4.98 Å². The maximum atomic E-state index is 4.80. The first-order valence-electron chi connectivity index (χ1n) is 10.5. The summed E-state index contributed by atoms with van der Waals surface area (Å²) in [5, 5.41) is 8.22. The van der Waals surface area contributed by atoms with E-state index in [-0.39, 0.29) is 0 Å². The second kappa shape index (κ2) is 9.12. The van der Waals surface area contributed by atoms with Crippen molar-refractivity contribution in [3.63, 3.8) is 0 Å². The van der Waals surface area contributed by atoms with Gasteiger partial charge in [-0.15, -0.1) is 11.8 Å². The molecule has 3 aromatic rings. The number of anilines is 1. The molecule has 4 heterocycles. The van der Waals surface area contributed by atoms with Crippen LogP contribution < -0.4 is 15.5 Å². The van der Waals surface area contributed by atoms with Crippen LogP contribution in [0.4, 0.5) is 5.95 Å². The predicted octanol–water partition coefficient (Wildman–Crippen LogP) is 3.42. The Morgan fingerprint density at radius 3 is 3.07 bits per heavy atom. The largest absolute Gasteiger partial charge is 0.339 e. The van der Waals surface area contributed by atoms with Crippen molar-refractivity contribution in [2.45, 2.75) is 25.4 Å². The van der Waals surface area contributed by atoms with Crippen LogP contribution >= 0.6 is 11.8 Å². The van der Waals surface area contributed by atoms with Gasteiger partial charge in [-0.1, -0.05) is 24.3 Å². The molecule has 6 nitrogen and oxygen atoms in total. The van der Waals surface area contributed by atoms with Crippen molar-refractivity contribution >= 4 is 34.7 Å². The van der Waals surface area contributed by atoms with Crippen LogP contribution in [0.2, 0.25) is 0 Å². The molecular formula is C23H26N6S. The molecule has 0 radical (unpaired) electrons. The van der Waals surface area contributed by atoms with E-state index in [1.54, 1.807) is 0 Å². The Hall–Kier alpha value is -2.48. The van der Waals surface area contributed by atoms with Crippen molar-refractivity contribution in [3.05, 3.63) is 65.0 Å². The van der Waals surface area contributed by atoms with Gasteiger partial charge < -0.3 is 15.5 Å². The number of para-hydroxylation sites is 1. The molecule has 0 amide bonds. The van der Waals surface area contributed by atoms with E-state index >= 15 is 0 Å². The fourth-order valence-corrected chi connectivity index (χ4v) is 4.80. The van der Waals surface area contributed by atoms with Gasteiger partial charge in [0, 0.05) is 54.6 Å². The number of aromatic nitrogens is 3. The lowest BCUT2D eigenvalue weighted by molar-refractivity contribution is 0.416. The maximum absolute atomic E-state index is 4.80. The molecular weight excluding hydrogens is 392 g/mol. The van der Waals surface area contributed by atoms with Crippen LogP contribution in [0.5, 0.6) is 0 Å². The molecule has 2 aromatic heterocycles. The summed E-state index contributed by atoms with van der Waals surface area (Å²) in [4.78, 5) is 17.8. The Kier molecular flexibility index (Phi) is 5.92. The highest BCUT2D eigenvalue weighted by molar-refractivity contribution is 8.03. The molecule has 1 atom stereocenters. The highest BCUT2D eigenvalue weighted by Gasteiger charge is 2.21. The van der Waals surface area contributed by atoms with E-state index in [0.717, 1.165) is 67.8 Å². The SMILES string of the molecule is C(=C1\CNCS1)/c1ccnc(N2CCC[C@@H](NCc3ccc4ccccc4n3)C2)n1. The first-order valence-corrected chi connectivity index (χ1v) is 11.5. The number of nitrogens with zero attached hydrogens (tertiary/aromatic N) is 4. The van der Waals surface area contributed by atoms with Crippen LogP contribution in [0.25, 0.3) is 17.0 Å². The summed E-state index contributed by atoms with van der Waals surface area (Å²) in [6.45, 7) is 3.63. The average Bonchev–Trinajstić information content (AvgIpc) is 3.31. The Balaban J connectivity index is 1.23. The molecule has 1 aromatic carbocycles. The molecule has 2 aliphatic heterocycles. The zero-order valence-electron chi connectivity index (χ0n) is 16.9. The highest BCUT2D eigenvalue weighted by atomic mass is 32.2. The second-order valence-corrected chi connectivity index (χ2v) is 8.87. The highest BCUT2D eigenvalue weighted by Crippen LogP contribution is 2.23. The van der Waals surface area contributed by atoms with Crippen molar-refractivity contribution in [2.75, 3.05) is 30.4 Å². The number of fused-ring (bicyclic) bond motifs is 1. The van der Waals surface area contributed by atoms with Crippen LogP contribution in [0, 0.1) is 0 Å². The fraction of sp³-hybridized carbons (Fsp3) is 0.348. The van der Waals surface area contributed by atoms with E-state index in [1.807, 2.05) is 30.1 Å². The summed E-state index contributed by atoms with van der Waals surface area (Å²) in [5.74, 6) is 1.81. The normalized spacial score (nSPS) is 20.9. The molecule has 0 spiro atoms. The average molecular weight is 419 g/mol. The zero-order valence-corrected chi connectivity index (χ0v) is 17.7. The lowest BCUT2D eigenvalue weighted by Crippen LogP contribution is -2.46. The topological polar surface area (TPSA) is 66.0 Å². The molecule has 5 rings (SSSR count). The van der Waals surface area contributed by atoms with E-state index in [9.17, 15) is 0 Å². The molecule has 0 bridgehead atoms. The number of hydrogen-bond acceptors (Lipinski definition) is 7. The van der Waals surface area contributed by atoms with E-state index in [2.05, 4.69) is 56.9 Å². The number of nitrogens with one attached hydrogen (secondary N) is 2. The van der Waals surface area contributed by atoms with Crippen molar-refractivity contribution in [1.82, 2.24) is 25.6 Å². The van der Waals surface area contributed by atoms with E-state index in [4.69, 9.17) is 9.97 Å². The molecule has 2 saturated heterocycles. The Labute approximate surface area is 181 Å². The van der Waals surface area contributed by atoms with Crippen LogP contribution in [0.3, 0.4) is 0 Å². The molecule has 0 aliphatic carbocycles. The Bertz CT molecular complexity index is 1040. The first kappa shape index (κ1) is 19.5. The van der Waals surface area contributed by atoms with Crippen molar-refractivity contribution < 1.29 is 0 Å². The summed E-state index contributed by atoms with van der Waals surface area (Å²) in [6.07, 6.45) is 6.34. The Morgan fingerprint density at radius 2 is 2.13 bits per heavy atom. The van der Waals surface area contributed by atoms with E-state index in [1.165, 1.54) is 10.3 Å². The van der Waals surface area contributed by atoms with E-state index in [0.29, 0.717) is 6.04 Å². The number of hydrogen-bond donors (Lipinski definition) is 2. The van der Waals surface area contributed by atoms with E-state index < -0.39 is 0 Å². The fourth-order valence-electron chi connectivity index (χ4n) is 4.00. The number of benzene rings is 1. The van der Waals surface area contributed by atoms with Gasteiger partial charge in [0.05, 0.1) is 16.9 Å². The zero-order chi connectivity index (χ0) is 20.2. The third-order valence-electron chi connectivity index (χ3n) is 5.56. The number of thioether (sulfide) groups is 1. The summed E-state index contributed by atoms with van der Waals surface area (Å²) >= 11 is 1.84. The van der Waals surface area contributed by atoms with Crippen LogP contribution in [0.15, 0.2) is 53.6 Å². The van der Waals surface area contributed by atoms with Crippen LogP contribution in [0.1, 0.15) is 24.2 Å². The molecule has 2 N–H and O–H groups in total. The van der Waals surface area contributed by atoms with Gasteiger partial charge in [0.1, 0.15) is 0 Å². The van der Waals surface area contributed by atoms with Gasteiger partial charge in [-0.25, -0.2) is 9.97 Å². The van der Waals surface area contributed by atoms with Gasteiger partial charge in [-0.05, 0) is 37.1 Å². The maximum Gasteiger partial charge on any atom is 0.225 e. The predicted molar refractivity (Wildman–Crippen MR) is 124 cm³/mol. The molecule has 0 saturated carbocycles. The third-order valence-corrected chi connectivity index (χ3v) is 6.55. The summed E-state index contributed by atoms with van der Waals surface area (Å²) in [7, 11) is 0. The smallest absolute Gasteiger partial charge is 0.225 e. The summed E-state index contributed by atoms with van der Waals surface area (Å²) < 4.78 is 0. The van der Waals surface area contributed by atoms with Gasteiger partial charge in [0.2, 0.25) is 5.95 Å². The lowest BCUT2D eigenvalue weighted by atomic mass is 10.1. The Morgan fingerprint density at radius 1 is 1.17 bits per heavy atom. The minimum absolute atomic E-state index is 0.409. The standard InChI is InChI=1S/C23H26N6S/c1-2-6-22-17(4-1)7-8-19(27-22)13-26-20-5-3-11-29(15-20)23-25-10-9-18(28-23)12-21-14-24-16-30-21/h1-2,4,6-10,12,20,24,26H,3,5,11,13-16H2/b21-12-/t20-/m1/s1. The third kappa shape index (κ3) is 4.64. The lowest BCUT2D eigenvalue weighted by Gasteiger charge is -2.33. The monoisotopic (exact) mass is 418 g/mol. The van der Waals surface area contributed by atoms with Gasteiger partial charge in [-0.2, -0.15) is 0 Å². The minimum Gasteiger partial charge on any atom is -0.339 e. The first-order chi connectivity index (χ1) is 14.8. The molecule has 2 fully saturated rings. The van der Waals surface area contributed by atoms with Crippen molar-refractivity contribution in [1.29, 1.82) is 0 Å². The second-order valence-electron chi connectivity index (χ2n) is 7.77. The van der Waals surface area contributed by atoms with Crippen LogP contribution in [-0.4, -0.2) is 46.5 Å². The van der Waals surface area contributed by atoms with Crippen molar-refractivity contribution in [3.8, 4) is 0 Å². The van der Waals surface area contributed by atoms with Crippen LogP contribution in [-0.2, 0) is 6.54 Å². The molecule has 7 heteroatoms. The number of piperidine rings is 1. The summed E-state index contributed by atoms with van der Waals surface area (Å²) in [5.41, 5.74) is 3.12. The molecule has 30 heavy (non-hydrogen) atoms. The quantitative estimate of drug-likeness (QED) is 0.658.